The second-order valence-electron chi connectivity index (χ2n) is 5.99. The van der Waals surface area contributed by atoms with E-state index in [1.807, 2.05) is 0 Å². The normalized spacial score (nSPS) is 18.4. The quantitative estimate of drug-likeness (QED) is 0.801. The molecule has 100 valence electrons. The van der Waals surface area contributed by atoms with Crippen LogP contribution in [0.5, 0.6) is 0 Å². The highest BCUT2D eigenvalue weighted by molar-refractivity contribution is 5.78. The predicted molar refractivity (Wildman–Crippen MR) is 72.0 cm³/mol. The minimum absolute atomic E-state index is 0.0789. The fourth-order valence-corrected chi connectivity index (χ4v) is 2.38. The van der Waals surface area contributed by atoms with Crippen LogP contribution in [0.3, 0.4) is 0 Å². The standard InChI is InChI=1S/C14H28N2O/c1-5-14(2,3)15-13(17)11-16(4)12-9-7-6-8-10-12/h12H,5-11H2,1-4H3,(H,15,17). The van der Waals surface area contributed by atoms with Crippen LogP contribution < -0.4 is 5.32 Å². The maximum atomic E-state index is 11.9. The van der Waals surface area contributed by atoms with Gasteiger partial charge in [0, 0.05) is 11.6 Å². The van der Waals surface area contributed by atoms with Gasteiger partial charge in [-0.15, -0.1) is 0 Å². The first-order chi connectivity index (χ1) is 7.94. The number of hydrogen-bond acceptors (Lipinski definition) is 2. The van der Waals surface area contributed by atoms with Gasteiger partial charge in [0.2, 0.25) is 5.91 Å². The maximum absolute atomic E-state index is 11.9. The highest BCUT2D eigenvalue weighted by Gasteiger charge is 2.22. The Hall–Kier alpha value is -0.570. The Kier molecular flexibility index (Phi) is 5.44. The van der Waals surface area contributed by atoms with E-state index in [9.17, 15) is 4.79 Å². The molecule has 17 heavy (non-hydrogen) atoms. The van der Waals surface area contributed by atoms with Gasteiger partial charge in [-0.2, -0.15) is 0 Å². The fourth-order valence-electron chi connectivity index (χ4n) is 2.38. The van der Waals surface area contributed by atoms with Crippen LogP contribution in [0.2, 0.25) is 0 Å². The first-order valence-corrected chi connectivity index (χ1v) is 6.96. The molecule has 3 nitrogen and oxygen atoms in total. The van der Waals surface area contributed by atoms with Crippen molar-refractivity contribution in [2.45, 2.75) is 70.9 Å². The van der Waals surface area contributed by atoms with E-state index in [0.717, 1.165) is 6.42 Å². The van der Waals surface area contributed by atoms with Crippen LogP contribution in [0.25, 0.3) is 0 Å². The lowest BCUT2D eigenvalue weighted by Crippen LogP contribution is -2.48. The van der Waals surface area contributed by atoms with Gasteiger partial charge in [-0.05, 0) is 40.2 Å². The molecule has 0 saturated heterocycles. The van der Waals surface area contributed by atoms with Crippen LogP contribution in [0.4, 0.5) is 0 Å². The van der Waals surface area contributed by atoms with E-state index in [4.69, 9.17) is 0 Å². The van der Waals surface area contributed by atoms with Gasteiger partial charge in [-0.3, -0.25) is 9.69 Å². The molecule has 1 amide bonds. The molecule has 0 aromatic heterocycles. The van der Waals surface area contributed by atoms with Crippen LogP contribution in [0.1, 0.15) is 59.3 Å². The zero-order valence-corrected chi connectivity index (χ0v) is 11.9. The molecule has 0 aromatic carbocycles. The molecule has 1 aliphatic carbocycles. The van der Waals surface area contributed by atoms with Crippen LogP contribution in [-0.4, -0.2) is 36.0 Å². The van der Waals surface area contributed by atoms with Gasteiger partial charge >= 0.3 is 0 Å². The van der Waals surface area contributed by atoms with E-state index in [0.29, 0.717) is 12.6 Å². The van der Waals surface area contributed by atoms with Crippen LogP contribution in [0, 0.1) is 0 Å². The summed E-state index contributed by atoms with van der Waals surface area (Å²) in [4.78, 5) is 14.1. The Morgan fingerprint density at radius 2 is 1.88 bits per heavy atom. The van der Waals surface area contributed by atoms with Gasteiger partial charge in [0.15, 0.2) is 0 Å². The third kappa shape index (κ3) is 5.07. The molecule has 1 fully saturated rings. The summed E-state index contributed by atoms with van der Waals surface area (Å²) in [6.07, 6.45) is 7.46. The van der Waals surface area contributed by atoms with E-state index < -0.39 is 0 Å². The van der Waals surface area contributed by atoms with Crippen molar-refractivity contribution in [2.75, 3.05) is 13.6 Å². The first kappa shape index (κ1) is 14.5. The van der Waals surface area contributed by atoms with Gasteiger partial charge in [0.1, 0.15) is 0 Å². The van der Waals surface area contributed by atoms with E-state index in [-0.39, 0.29) is 11.4 Å². The predicted octanol–water partition coefficient (Wildman–Crippen LogP) is 2.56. The second kappa shape index (κ2) is 6.39. The van der Waals surface area contributed by atoms with Crippen molar-refractivity contribution in [2.24, 2.45) is 0 Å². The van der Waals surface area contributed by atoms with Crippen molar-refractivity contribution < 1.29 is 4.79 Å². The molecule has 0 aliphatic heterocycles. The molecule has 1 rings (SSSR count). The van der Waals surface area contributed by atoms with Crippen molar-refractivity contribution >= 4 is 5.91 Å². The maximum Gasteiger partial charge on any atom is 0.234 e. The minimum Gasteiger partial charge on any atom is -0.350 e. The van der Waals surface area contributed by atoms with Crippen LogP contribution >= 0.6 is 0 Å². The summed E-state index contributed by atoms with van der Waals surface area (Å²) in [5, 5.41) is 3.10. The number of carbonyl (C=O) groups is 1. The SMILES string of the molecule is CCC(C)(C)NC(=O)CN(C)C1CCCCC1. The Morgan fingerprint density at radius 1 is 1.29 bits per heavy atom. The second-order valence-corrected chi connectivity index (χ2v) is 5.99. The molecule has 1 saturated carbocycles. The highest BCUT2D eigenvalue weighted by Crippen LogP contribution is 2.21. The summed E-state index contributed by atoms with van der Waals surface area (Å²) >= 11 is 0. The van der Waals surface area contributed by atoms with Crippen molar-refractivity contribution in [1.29, 1.82) is 0 Å². The van der Waals surface area contributed by atoms with E-state index in [1.165, 1.54) is 32.1 Å². The number of amides is 1. The summed E-state index contributed by atoms with van der Waals surface area (Å²) in [6.45, 7) is 6.79. The molecule has 0 atom stereocenters. The van der Waals surface area contributed by atoms with Crippen molar-refractivity contribution in [1.82, 2.24) is 10.2 Å². The molecule has 0 aromatic rings. The Bertz CT molecular complexity index is 245. The van der Waals surface area contributed by atoms with E-state index in [1.54, 1.807) is 0 Å². The molecule has 1 N–H and O–H groups in total. The Labute approximate surface area is 106 Å². The van der Waals surface area contributed by atoms with Gasteiger partial charge < -0.3 is 5.32 Å². The first-order valence-electron chi connectivity index (χ1n) is 6.96. The number of likely N-dealkylation sites (N-methyl/N-ethyl adjacent to an activating group) is 1. The van der Waals surface area contributed by atoms with Crippen LogP contribution in [-0.2, 0) is 4.79 Å². The lowest BCUT2D eigenvalue weighted by molar-refractivity contribution is -0.124. The smallest absolute Gasteiger partial charge is 0.234 e. The van der Waals surface area contributed by atoms with Crippen LogP contribution in [0.15, 0.2) is 0 Å². The zero-order chi connectivity index (χ0) is 12.9. The molecular formula is C14H28N2O. The van der Waals surface area contributed by atoms with Crippen molar-refractivity contribution in [3.8, 4) is 0 Å². The van der Waals surface area contributed by atoms with Gasteiger partial charge in [0.25, 0.3) is 0 Å². The molecular weight excluding hydrogens is 212 g/mol. The minimum atomic E-state index is -0.0789. The number of carbonyl (C=O) groups excluding carboxylic acids is 1. The molecule has 1 aliphatic rings. The zero-order valence-electron chi connectivity index (χ0n) is 11.9. The Balaban J connectivity index is 2.34. The van der Waals surface area contributed by atoms with Gasteiger partial charge in [-0.25, -0.2) is 0 Å². The third-order valence-corrected chi connectivity index (χ3v) is 3.95. The lowest BCUT2D eigenvalue weighted by atomic mass is 9.94. The van der Waals surface area contributed by atoms with E-state index in [2.05, 4.69) is 38.0 Å². The average Bonchev–Trinajstić information content (AvgIpc) is 2.29. The fraction of sp³-hybridized carbons (Fsp3) is 0.929. The monoisotopic (exact) mass is 240 g/mol. The summed E-state index contributed by atoms with van der Waals surface area (Å²) in [6, 6.07) is 0.610. The summed E-state index contributed by atoms with van der Waals surface area (Å²) in [5.41, 5.74) is -0.0789. The van der Waals surface area contributed by atoms with Crippen molar-refractivity contribution in [3.63, 3.8) is 0 Å². The number of rotatable bonds is 5. The summed E-state index contributed by atoms with van der Waals surface area (Å²) in [7, 11) is 2.08. The molecule has 0 spiro atoms. The van der Waals surface area contributed by atoms with Gasteiger partial charge in [-0.1, -0.05) is 26.2 Å². The van der Waals surface area contributed by atoms with Gasteiger partial charge in [0.05, 0.1) is 6.54 Å². The average molecular weight is 240 g/mol. The highest BCUT2D eigenvalue weighted by atomic mass is 16.2. The van der Waals surface area contributed by atoms with Crippen molar-refractivity contribution in [3.05, 3.63) is 0 Å². The summed E-state index contributed by atoms with van der Waals surface area (Å²) in [5.74, 6) is 0.157. The third-order valence-electron chi connectivity index (χ3n) is 3.95. The van der Waals surface area contributed by atoms with E-state index >= 15 is 0 Å². The molecule has 0 heterocycles. The molecule has 3 heteroatoms. The summed E-state index contributed by atoms with van der Waals surface area (Å²) < 4.78 is 0. The number of nitrogens with one attached hydrogen (secondary N) is 1. The topological polar surface area (TPSA) is 32.3 Å². The number of hydrogen-bond donors (Lipinski definition) is 1. The molecule has 0 bridgehead atoms. The Morgan fingerprint density at radius 3 is 2.41 bits per heavy atom. The largest absolute Gasteiger partial charge is 0.350 e. The molecule has 0 unspecified atom stereocenters. The molecule has 0 radical (unpaired) electrons. The lowest BCUT2D eigenvalue weighted by Gasteiger charge is -2.32. The number of nitrogens with zero attached hydrogens (tertiary/aromatic N) is 1.